The van der Waals surface area contributed by atoms with Crippen LogP contribution < -0.4 is 9.80 Å². The molecule has 0 saturated heterocycles. The van der Waals surface area contributed by atoms with Crippen molar-refractivity contribution in [1.29, 1.82) is 0 Å². The number of likely N-dealkylation sites (N-methyl/N-ethyl adjacent to an activating group) is 1. The largest absolute Gasteiger partial charge is 0.371 e. The Hall–Kier alpha value is -1.37. The Morgan fingerprint density at radius 3 is 2.72 bits per heavy atom. The molecule has 1 aliphatic rings. The molecule has 1 aromatic heterocycles. The third-order valence-corrected chi connectivity index (χ3v) is 3.91. The predicted octanol–water partition coefficient (Wildman–Crippen LogP) is 2.67. The molecule has 0 radical (unpaired) electrons. The van der Waals surface area contributed by atoms with E-state index in [4.69, 9.17) is 0 Å². The summed E-state index contributed by atoms with van der Waals surface area (Å²) >= 11 is 2.29. The Bertz CT molecular complexity index is 572. The molecule has 1 aromatic carbocycles. The number of para-hydroxylation sites is 2. The van der Waals surface area contributed by atoms with Gasteiger partial charge >= 0.3 is 0 Å². The molecule has 0 aliphatic carbocycles. The second kappa shape index (κ2) is 4.72. The lowest BCUT2D eigenvalue weighted by Gasteiger charge is -2.36. The van der Waals surface area contributed by atoms with E-state index in [0.717, 1.165) is 22.5 Å². The highest BCUT2D eigenvalue weighted by Crippen LogP contribution is 2.37. The van der Waals surface area contributed by atoms with E-state index >= 15 is 0 Å². The van der Waals surface area contributed by atoms with Crippen molar-refractivity contribution in [2.24, 2.45) is 0 Å². The molecule has 0 spiro atoms. The number of benzene rings is 1. The number of hydrogen-bond acceptors (Lipinski definition) is 4. The molecule has 0 N–H and O–H groups in total. The third-order valence-electron chi connectivity index (χ3n) is 3.15. The van der Waals surface area contributed by atoms with Crippen LogP contribution in [0.5, 0.6) is 0 Å². The Kier molecular flexibility index (Phi) is 3.07. The van der Waals surface area contributed by atoms with Gasteiger partial charge in [-0.1, -0.05) is 12.1 Å². The molecule has 18 heavy (non-hydrogen) atoms. The first kappa shape index (κ1) is 11.7. The lowest BCUT2D eigenvalue weighted by molar-refractivity contribution is 0.809. The van der Waals surface area contributed by atoms with Gasteiger partial charge in [-0.05, 0) is 34.7 Å². The van der Waals surface area contributed by atoms with E-state index in [-0.39, 0.29) is 0 Å². The smallest absolute Gasteiger partial charge is 0.150 e. The van der Waals surface area contributed by atoms with Gasteiger partial charge in [0.15, 0.2) is 0 Å². The van der Waals surface area contributed by atoms with Crippen LogP contribution >= 0.6 is 22.6 Å². The van der Waals surface area contributed by atoms with E-state index in [1.54, 1.807) is 6.33 Å². The van der Waals surface area contributed by atoms with E-state index in [1.165, 1.54) is 11.4 Å². The van der Waals surface area contributed by atoms with Crippen molar-refractivity contribution in [3.8, 4) is 0 Å². The maximum atomic E-state index is 4.41. The van der Waals surface area contributed by atoms with E-state index in [2.05, 4.69) is 73.7 Å². The molecule has 0 fully saturated rings. The molecule has 2 heterocycles. The van der Waals surface area contributed by atoms with Gasteiger partial charge in [-0.3, -0.25) is 0 Å². The van der Waals surface area contributed by atoms with E-state index in [9.17, 15) is 0 Å². The summed E-state index contributed by atoms with van der Waals surface area (Å²) < 4.78 is 1.08. The molecule has 0 amide bonds. The zero-order valence-corrected chi connectivity index (χ0v) is 12.2. The average Bonchev–Trinajstić information content (AvgIpc) is 2.41. The Morgan fingerprint density at radius 2 is 1.94 bits per heavy atom. The van der Waals surface area contributed by atoms with Gasteiger partial charge in [0.05, 0.1) is 14.9 Å². The normalized spacial score (nSPS) is 14.6. The van der Waals surface area contributed by atoms with Gasteiger partial charge in [-0.15, -0.1) is 0 Å². The van der Waals surface area contributed by atoms with Crippen LogP contribution in [0.2, 0.25) is 0 Å². The third kappa shape index (κ3) is 1.92. The Balaban J connectivity index is 2.11. The van der Waals surface area contributed by atoms with E-state index in [0.29, 0.717) is 0 Å². The number of rotatable bonds is 1. The van der Waals surface area contributed by atoms with Gasteiger partial charge < -0.3 is 9.80 Å². The highest BCUT2D eigenvalue weighted by molar-refractivity contribution is 14.1. The number of aromatic nitrogens is 2. The summed E-state index contributed by atoms with van der Waals surface area (Å²) in [5.41, 5.74) is 2.46. The molecule has 1 aliphatic heterocycles. The van der Waals surface area contributed by atoms with Gasteiger partial charge in [0.1, 0.15) is 12.1 Å². The van der Waals surface area contributed by atoms with Crippen molar-refractivity contribution >= 4 is 39.8 Å². The molecular weight excluding hydrogens is 339 g/mol. The quantitative estimate of drug-likeness (QED) is 0.739. The Morgan fingerprint density at radius 1 is 1.17 bits per heavy atom. The SMILES string of the molecule is CN1CCN(c2ncncc2I)c2ccccc21. The molecule has 0 unspecified atom stereocenters. The van der Waals surface area contributed by atoms with Gasteiger partial charge in [0.2, 0.25) is 0 Å². The summed E-state index contributed by atoms with van der Waals surface area (Å²) in [5.74, 6) is 0.992. The number of fused-ring (bicyclic) bond motifs is 1. The second-order valence-electron chi connectivity index (χ2n) is 4.26. The first-order valence-corrected chi connectivity index (χ1v) is 6.88. The summed E-state index contributed by atoms with van der Waals surface area (Å²) in [6.07, 6.45) is 3.46. The topological polar surface area (TPSA) is 32.3 Å². The monoisotopic (exact) mass is 352 g/mol. The maximum absolute atomic E-state index is 4.41. The average molecular weight is 352 g/mol. The molecule has 0 atom stereocenters. The minimum atomic E-state index is 0.945. The lowest BCUT2D eigenvalue weighted by atomic mass is 10.2. The fourth-order valence-corrected chi connectivity index (χ4v) is 2.82. The zero-order chi connectivity index (χ0) is 12.5. The fourth-order valence-electron chi connectivity index (χ4n) is 2.23. The molecule has 92 valence electrons. The predicted molar refractivity (Wildman–Crippen MR) is 81.5 cm³/mol. The first-order valence-electron chi connectivity index (χ1n) is 5.80. The zero-order valence-electron chi connectivity index (χ0n) is 10.0. The van der Waals surface area contributed by atoms with Crippen LogP contribution in [0.1, 0.15) is 0 Å². The molecule has 4 nitrogen and oxygen atoms in total. The molecular formula is C13H13IN4. The van der Waals surface area contributed by atoms with Crippen LogP contribution in [0, 0.1) is 3.57 Å². The summed E-state index contributed by atoms with van der Waals surface area (Å²) in [6, 6.07) is 8.43. The number of halogens is 1. The fraction of sp³-hybridized carbons (Fsp3) is 0.231. The highest BCUT2D eigenvalue weighted by atomic mass is 127. The summed E-state index contributed by atoms with van der Waals surface area (Å²) in [6.45, 7) is 1.94. The minimum absolute atomic E-state index is 0.945. The number of hydrogen-bond donors (Lipinski definition) is 0. The van der Waals surface area contributed by atoms with Crippen molar-refractivity contribution in [2.75, 3.05) is 29.9 Å². The van der Waals surface area contributed by atoms with Crippen LogP contribution in [0.4, 0.5) is 17.2 Å². The van der Waals surface area contributed by atoms with Crippen molar-refractivity contribution in [2.45, 2.75) is 0 Å². The van der Waals surface area contributed by atoms with Crippen LogP contribution in [0.15, 0.2) is 36.8 Å². The standard InChI is InChI=1S/C13H13IN4/c1-17-6-7-18(12-5-3-2-4-11(12)17)13-10(14)8-15-9-16-13/h2-5,8-9H,6-7H2,1H3. The van der Waals surface area contributed by atoms with Crippen molar-refractivity contribution in [3.05, 3.63) is 40.4 Å². The lowest BCUT2D eigenvalue weighted by Crippen LogP contribution is -2.37. The van der Waals surface area contributed by atoms with Gasteiger partial charge in [0, 0.05) is 26.3 Å². The van der Waals surface area contributed by atoms with Gasteiger partial charge in [-0.2, -0.15) is 0 Å². The van der Waals surface area contributed by atoms with Crippen molar-refractivity contribution < 1.29 is 0 Å². The molecule has 2 aromatic rings. The van der Waals surface area contributed by atoms with Gasteiger partial charge in [0.25, 0.3) is 0 Å². The van der Waals surface area contributed by atoms with Crippen LogP contribution in [-0.2, 0) is 0 Å². The van der Waals surface area contributed by atoms with E-state index < -0.39 is 0 Å². The molecule has 0 bridgehead atoms. The molecule has 5 heteroatoms. The number of anilines is 3. The van der Waals surface area contributed by atoms with Crippen molar-refractivity contribution in [3.63, 3.8) is 0 Å². The highest BCUT2D eigenvalue weighted by Gasteiger charge is 2.23. The van der Waals surface area contributed by atoms with Crippen LogP contribution in [0.25, 0.3) is 0 Å². The Labute approximate surface area is 120 Å². The minimum Gasteiger partial charge on any atom is -0.371 e. The van der Waals surface area contributed by atoms with Crippen LogP contribution in [-0.4, -0.2) is 30.1 Å². The van der Waals surface area contributed by atoms with Gasteiger partial charge in [-0.25, -0.2) is 9.97 Å². The summed E-state index contributed by atoms with van der Waals surface area (Å²) in [7, 11) is 2.13. The first-order chi connectivity index (χ1) is 8.77. The molecule has 0 saturated carbocycles. The van der Waals surface area contributed by atoms with E-state index in [1.807, 2.05) is 6.20 Å². The molecule has 3 rings (SSSR count). The maximum Gasteiger partial charge on any atom is 0.150 e. The summed E-state index contributed by atoms with van der Waals surface area (Å²) in [5, 5.41) is 0. The number of nitrogens with zero attached hydrogens (tertiary/aromatic N) is 4. The summed E-state index contributed by atoms with van der Waals surface area (Å²) in [4.78, 5) is 13.0. The second-order valence-corrected chi connectivity index (χ2v) is 5.42. The van der Waals surface area contributed by atoms with Crippen molar-refractivity contribution in [1.82, 2.24) is 9.97 Å². The van der Waals surface area contributed by atoms with Crippen LogP contribution in [0.3, 0.4) is 0 Å².